The summed E-state index contributed by atoms with van der Waals surface area (Å²) in [7, 11) is -0.239. The van der Waals surface area contributed by atoms with Crippen LogP contribution in [0.4, 0.5) is 0 Å². The number of hydrogen-bond donors (Lipinski definition) is 1. The van der Waals surface area contributed by atoms with Crippen LogP contribution in [0.3, 0.4) is 0 Å². The third kappa shape index (κ3) is 1.79. The molecule has 0 heterocycles. The zero-order valence-corrected chi connectivity index (χ0v) is 8.40. The maximum Gasteiger partial charge on any atom is 0.244 e. The van der Waals surface area contributed by atoms with Crippen molar-refractivity contribution in [3.05, 3.63) is 61.2 Å². The van der Waals surface area contributed by atoms with E-state index in [0.717, 1.165) is 5.56 Å². The lowest BCUT2D eigenvalue weighted by Crippen LogP contribution is -2.28. The molecule has 1 aromatic carbocycles. The summed E-state index contributed by atoms with van der Waals surface area (Å²) in [6.07, 6.45) is 3.46. The fourth-order valence-electron chi connectivity index (χ4n) is 1.19. The summed E-state index contributed by atoms with van der Waals surface area (Å²) in [6, 6.07) is 9.76. The zero-order valence-electron chi connectivity index (χ0n) is 7.40. The molecule has 0 saturated heterocycles. The summed E-state index contributed by atoms with van der Waals surface area (Å²) in [6.45, 7) is 7.45. The van der Waals surface area contributed by atoms with Crippen molar-refractivity contribution >= 4 is 9.76 Å². The first kappa shape index (κ1) is 9.96. The van der Waals surface area contributed by atoms with Crippen molar-refractivity contribution in [1.29, 1.82) is 0 Å². The molecule has 1 nitrogen and oxygen atoms in total. The van der Waals surface area contributed by atoms with Gasteiger partial charge in [-0.05, 0) is 5.56 Å². The molecule has 0 bridgehead atoms. The average molecular weight is 188 g/mol. The molecule has 0 aromatic heterocycles. The van der Waals surface area contributed by atoms with Crippen molar-refractivity contribution in [2.45, 2.75) is 5.04 Å². The second kappa shape index (κ2) is 4.21. The molecule has 0 saturated carbocycles. The van der Waals surface area contributed by atoms with Gasteiger partial charge in [0.05, 0.1) is 0 Å². The van der Waals surface area contributed by atoms with Gasteiger partial charge in [-0.15, -0.1) is 13.2 Å². The van der Waals surface area contributed by atoms with Gasteiger partial charge in [0.25, 0.3) is 0 Å². The fourth-order valence-corrected chi connectivity index (χ4v) is 1.67. The van der Waals surface area contributed by atoms with Crippen LogP contribution in [0.25, 0.3) is 0 Å². The van der Waals surface area contributed by atoms with E-state index in [0.29, 0.717) is 0 Å². The normalized spacial score (nSPS) is 10.8. The number of rotatable bonds is 4. The molecule has 0 atom stereocenters. The summed E-state index contributed by atoms with van der Waals surface area (Å²) in [5.74, 6) is 0. The molecule has 0 aliphatic rings. The molecule has 0 unspecified atom stereocenters. The molecule has 0 spiro atoms. The van der Waals surface area contributed by atoms with E-state index in [1.165, 1.54) is 0 Å². The van der Waals surface area contributed by atoms with Crippen molar-refractivity contribution < 1.29 is 4.80 Å². The van der Waals surface area contributed by atoms with Gasteiger partial charge in [0.1, 0.15) is 0 Å². The van der Waals surface area contributed by atoms with E-state index in [1.54, 1.807) is 12.2 Å². The van der Waals surface area contributed by atoms with Gasteiger partial charge in [-0.25, -0.2) is 0 Å². The maximum atomic E-state index is 9.32. The first-order chi connectivity index (χ1) is 6.29. The van der Waals surface area contributed by atoms with Gasteiger partial charge in [-0.1, -0.05) is 42.5 Å². The zero-order chi connectivity index (χ0) is 9.73. The van der Waals surface area contributed by atoms with Gasteiger partial charge in [-0.2, -0.15) is 0 Å². The van der Waals surface area contributed by atoms with Crippen LogP contribution >= 0.6 is 0 Å². The Balaban J connectivity index is 3.15. The molecule has 66 valence electrons. The number of allylic oxidation sites excluding steroid dienone is 2. The van der Waals surface area contributed by atoms with Crippen LogP contribution in [0, 0.1) is 0 Å². The Hall–Kier alpha value is -1.12. The summed E-state index contributed by atoms with van der Waals surface area (Å²) >= 11 is 0. The molecule has 1 N–H and O–H groups in total. The molecule has 0 aliphatic heterocycles. The Morgan fingerprint density at radius 2 is 1.69 bits per heavy atom. The second-order valence-corrected chi connectivity index (χ2v) is 3.81. The third-order valence-corrected chi connectivity index (χ3v) is 3.15. The minimum absolute atomic E-state index is 0.239. The standard InChI is InChI=1S/C11H12OSi/c1-3-11(4-2,13-12)10-8-6-5-7-9-10/h3-9,12H,1-2H2. The molecule has 1 rings (SSSR count). The maximum absolute atomic E-state index is 9.32. The fraction of sp³-hybridized carbons (Fsp3) is 0.0909. The Morgan fingerprint density at radius 3 is 2.08 bits per heavy atom. The lowest BCUT2D eigenvalue weighted by atomic mass is 9.98. The monoisotopic (exact) mass is 188 g/mol. The lowest BCUT2D eigenvalue weighted by molar-refractivity contribution is 0.575. The molecular formula is C11H12OSi. The van der Waals surface area contributed by atoms with E-state index >= 15 is 0 Å². The van der Waals surface area contributed by atoms with E-state index in [4.69, 9.17) is 0 Å². The van der Waals surface area contributed by atoms with Crippen molar-refractivity contribution in [1.82, 2.24) is 0 Å². The van der Waals surface area contributed by atoms with Crippen molar-refractivity contribution in [2.24, 2.45) is 0 Å². The highest BCUT2D eigenvalue weighted by molar-refractivity contribution is 6.33. The Kier molecular flexibility index (Phi) is 3.23. The van der Waals surface area contributed by atoms with Gasteiger partial charge in [0, 0.05) is 5.04 Å². The Labute approximate surface area is 81.4 Å². The quantitative estimate of drug-likeness (QED) is 0.565. The molecule has 1 aromatic rings. The average Bonchev–Trinajstić information content (AvgIpc) is 2.23. The van der Waals surface area contributed by atoms with Crippen LogP contribution in [0.1, 0.15) is 5.56 Å². The Bertz CT molecular complexity index is 284. The molecule has 13 heavy (non-hydrogen) atoms. The summed E-state index contributed by atoms with van der Waals surface area (Å²) in [5.41, 5.74) is 1.03. The topological polar surface area (TPSA) is 20.2 Å². The first-order valence-corrected chi connectivity index (χ1v) is 4.98. The Morgan fingerprint density at radius 1 is 1.15 bits per heavy atom. The molecule has 0 amide bonds. The van der Waals surface area contributed by atoms with Crippen LogP contribution in [0.2, 0.25) is 0 Å². The van der Waals surface area contributed by atoms with E-state index < -0.39 is 5.04 Å². The summed E-state index contributed by atoms with van der Waals surface area (Å²) < 4.78 is 0. The van der Waals surface area contributed by atoms with E-state index in [9.17, 15) is 4.80 Å². The minimum atomic E-state index is -0.471. The molecule has 2 radical (unpaired) electrons. The minimum Gasteiger partial charge on any atom is -0.430 e. The van der Waals surface area contributed by atoms with Crippen LogP contribution in [-0.2, 0) is 5.04 Å². The summed E-state index contributed by atoms with van der Waals surface area (Å²) in [4.78, 5) is 9.32. The third-order valence-electron chi connectivity index (χ3n) is 2.08. The van der Waals surface area contributed by atoms with Gasteiger partial charge >= 0.3 is 0 Å². The van der Waals surface area contributed by atoms with Crippen LogP contribution in [-0.4, -0.2) is 14.6 Å². The highest BCUT2D eigenvalue weighted by Gasteiger charge is 2.25. The number of benzene rings is 1. The largest absolute Gasteiger partial charge is 0.430 e. The number of hydrogen-bond acceptors (Lipinski definition) is 1. The molecule has 0 aliphatic carbocycles. The van der Waals surface area contributed by atoms with Gasteiger partial charge in [0.2, 0.25) is 9.76 Å². The van der Waals surface area contributed by atoms with Crippen molar-refractivity contribution in [3.8, 4) is 0 Å². The van der Waals surface area contributed by atoms with Crippen molar-refractivity contribution in [2.75, 3.05) is 0 Å². The van der Waals surface area contributed by atoms with Gasteiger partial charge < -0.3 is 4.80 Å². The van der Waals surface area contributed by atoms with Crippen molar-refractivity contribution in [3.63, 3.8) is 0 Å². The summed E-state index contributed by atoms with van der Waals surface area (Å²) in [5, 5.41) is -0.471. The van der Waals surface area contributed by atoms with Crippen LogP contribution in [0.5, 0.6) is 0 Å². The van der Waals surface area contributed by atoms with E-state index in [2.05, 4.69) is 13.2 Å². The van der Waals surface area contributed by atoms with Crippen LogP contribution < -0.4 is 0 Å². The van der Waals surface area contributed by atoms with Crippen LogP contribution in [0.15, 0.2) is 55.6 Å². The predicted molar refractivity (Wildman–Crippen MR) is 56.5 cm³/mol. The molecule has 2 heteroatoms. The van der Waals surface area contributed by atoms with E-state index in [1.807, 2.05) is 30.3 Å². The molecule has 0 fully saturated rings. The van der Waals surface area contributed by atoms with Gasteiger partial charge in [0.15, 0.2) is 0 Å². The predicted octanol–water partition coefficient (Wildman–Crippen LogP) is 1.87. The highest BCUT2D eigenvalue weighted by Crippen LogP contribution is 2.24. The molecular weight excluding hydrogens is 176 g/mol. The lowest BCUT2D eigenvalue weighted by Gasteiger charge is -2.22. The van der Waals surface area contributed by atoms with Gasteiger partial charge in [-0.3, -0.25) is 0 Å². The van der Waals surface area contributed by atoms with E-state index in [-0.39, 0.29) is 9.76 Å². The highest BCUT2D eigenvalue weighted by atomic mass is 28.2. The smallest absolute Gasteiger partial charge is 0.244 e. The SMILES string of the molecule is C=CC(C=C)([Si]O)c1ccccc1. The first-order valence-electron chi connectivity index (χ1n) is 4.03. The second-order valence-electron chi connectivity index (χ2n) is 2.76.